The van der Waals surface area contributed by atoms with Gasteiger partial charge >= 0.3 is 0 Å². The van der Waals surface area contributed by atoms with Crippen molar-refractivity contribution in [1.29, 1.82) is 5.26 Å². The molecule has 0 bridgehead atoms. The van der Waals surface area contributed by atoms with Gasteiger partial charge in [0.1, 0.15) is 11.6 Å². The number of piperidine rings is 1. The molecular weight excluding hydrogens is 254 g/mol. The molecule has 2 aromatic rings. The van der Waals surface area contributed by atoms with Crippen LogP contribution in [-0.2, 0) is 4.79 Å². The molecule has 0 aliphatic carbocycles. The standard InChI is InChI=1S/C14H15N5O/c1-18-8-10(5-6-12(18)20)19-11-4-2-3-9(7-15)13(11)17-14(19)16/h2-4,10H,5-6,8H2,1H3,(H2,16,17). The monoisotopic (exact) mass is 269 g/mol. The van der Waals surface area contributed by atoms with Crippen molar-refractivity contribution in [2.45, 2.75) is 18.9 Å². The zero-order valence-electron chi connectivity index (χ0n) is 11.2. The first-order chi connectivity index (χ1) is 9.61. The Hall–Kier alpha value is -2.55. The van der Waals surface area contributed by atoms with Gasteiger partial charge in [0.2, 0.25) is 11.9 Å². The molecule has 0 spiro atoms. The van der Waals surface area contributed by atoms with E-state index in [2.05, 4.69) is 11.1 Å². The van der Waals surface area contributed by atoms with Gasteiger partial charge in [-0.15, -0.1) is 0 Å². The molecule has 0 radical (unpaired) electrons. The first kappa shape index (κ1) is 12.5. The third kappa shape index (κ3) is 1.79. The lowest BCUT2D eigenvalue weighted by Crippen LogP contribution is -2.38. The van der Waals surface area contributed by atoms with E-state index in [1.54, 1.807) is 18.0 Å². The number of rotatable bonds is 1. The molecule has 1 aliphatic rings. The maximum Gasteiger partial charge on any atom is 0.222 e. The summed E-state index contributed by atoms with van der Waals surface area (Å²) in [5.74, 6) is 0.553. The average molecular weight is 269 g/mol. The summed E-state index contributed by atoms with van der Waals surface area (Å²) < 4.78 is 1.94. The summed E-state index contributed by atoms with van der Waals surface area (Å²) >= 11 is 0. The molecule has 20 heavy (non-hydrogen) atoms. The highest BCUT2D eigenvalue weighted by Crippen LogP contribution is 2.30. The second-order valence-electron chi connectivity index (χ2n) is 5.09. The smallest absolute Gasteiger partial charge is 0.222 e. The molecule has 1 aromatic carbocycles. The van der Waals surface area contributed by atoms with Gasteiger partial charge in [0.15, 0.2) is 0 Å². The first-order valence-corrected chi connectivity index (χ1v) is 6.52. The molecule has 1 fully saturated rings. The van der Waals surface area contributed by atoms with Crippen LogP contribution in [0.4, 0.5) is 5.95 Å². The van der Waals surface area contributed by atoms with Crippen LogP contribution in [0, 0.1) is 11.3 Å². The van der Waals surface area contributed by atoms with Crippen LogP contribution >= 0.6 is 0 Å². The van der Waals surface area contributed by atoms with Crippen molar-refractivity contribution in [3.05, 3.63) is 23.8 Å². The van der Waals surface area contributed by atoms with Gasteiger partial charge in [-0.3, -0.25) is 4.79 Å². The second kappa shape index (κ2) is 4.53. The lowest BCUT2D eigenvalue weighted by molar-refractivity contribution is -0.132. The molecule has 1 saturated heterocycles. The number of carbonyl (C=O) groups excluding carboxylic acids is 1. The molecule has 2 N–H and O–H groups in total. The average Bonchev–Trinajstić information content (AvgIpc) is 2.78. The number of imidazole rings is 1. The number of aromatic nitrogens is 2. The fourth-order valence-electron chi connectivity index (χ4n) is 2.81. The Morgan fingerprint density at radius 3 is 3.00 bits per heavy atom. The van der Waals surface area contributed by atoms with E-state index in [0.717, 1.165) is 11.9 Å². The largest absolute Gasteiger partial charge is 0.369 e. The van der Waals surface area contributed by atoms with Crippen LogP contribution in [0.1, 0.15) is 24.4 Å². The number of nitrogens with two attached hydrogens (primary N) is 1. The van der Waals surface area contributed by atoms with E-state index < -0.39 is 0 Å². The summed E-state index contributed by atoms with van der Waals surface area (Å²) in [6, 6.07) is 7.72. The number of likely N-dealkylation sites (N-methyl/N-ethyl adjacent to an activating group) is 1. The van der Waals surface area contributed by atoms with E-state index >= 15 is 0 Å². The van der Waals surface area contributed by atoms with Crippen molar-refractivity contribution < 1.29 is 4.79 Å². The van der Waals surface area contributed by atoms with Crippen LogP contribution in [0.25, 0.3) is 11.0 Å². The van der Waals surface area contributed by atoms with E-state index in [9.17, 15) is 4.79 Å². The van der Waals surface area contributed by atoms with Gasteiger partial charge < -0.3 is 15.2 Å². The Balaban J connectivity index is 2.10. The van der Waals surface area contributed by atoms with E-state index in [1.807, 2.05) is 16.7 Å². The van der Waals surface area contributed by atoms with E-state index in [-0.39, 0.29) is 11.9 Å². The van der Waals surface area contributed by atoms with Crippen molar-refractivity contribution in [1.82, 2.24) is 14.5 Å². The van der Waals surface area contributed by atoms with Crippen LogP contribution in [0.2, 0.25) is 0 Å². The van der Waals surface area contributed by atoms with Crippen LogP contribution in [-0.4, -0.2) is 34.0 Å². The predicted octanol–water partition coefficient (Wildman–Crippen LogP) is 1.28. The Kier molecular flexibility index (Phi) is 2.83. The highest BCUT2D eigenvalue weighted by atomic mass is 16.2. The van der Waals surface area contributed by atoms with Gasteiger partial charge in [-0.1, -0.05) is 6.07 Å². The molecule has 102 valence electrons. The SMILES string of the molecule is CN1CC(n2c(N)nc3c(C#N)cccc32)CCC1=O. The number of nitrogen functional groups attached to an aromatic ring is 1. The number of nitriles is 1. The van der Waals surface area contributed by atoms with Crippen LogP contribution in [0.3, 0.4) is 0 Å². The second-order valence-corrected chi connectivity index (χ2v) is 5.09. The maximum absolute atomic E-state index is 11.6. The number of nitrogens with zero attached hydrogens (tertiary/aromatic N) is 4. The molecule has 1 unspecified atom stereocenters. The van der Waals surface area contributed by atoms with E-state index in [1.165, 1.54) is 0 Å². The maximum atomic E-state index is 11.6. The highest BCUT2D eigenvalue weighted by Gasteiger charge is 2.27. The fraction of sp³-hybridized carbons (Fsp3) is 0.357. The zero-order chi connectivity index (χ0) is 14.3. The van der Waals surface area contributed by atoms with E-state index in [0.29, 0.717) is 30.0 Å². The van der Waals surface area contributed by atoms with E-state index in [4.69, 9.17) is 11.0 Å². The van der Waals surface area contributed by atoms with Gasteiger partial charge in [-0.2, -0.15) is 5.26 Å². The lowest BCUT2D eigenvalue weighted by atomic mass is 10.0. The Morgan fingerprint density at radius 2 is 2.30 bits per heavy atom. The van der Waals surface area contributed by atoms with Crippen molar-refractivity contribution in [2.75, 3.05) is 19.3 Å². The van der Waals surface area contributed by atoms with Crippen molar-refractivity contribution in [2.24, 2.45) is 0 Å². The van der Waals surface area contributed by atoms with Gasteiger partial charge in [0.05, 0.1) is 17.1 Å². The minimum Gasteiger partial charge on any atom is -0.369 e. The summed E-state index contributed by atoms with van der Waals surface area (Å²) in [5.41, 5.74) is 8.04. The van der Waals surface area contributed by atoms with Crippen LogP contribution in [0.5, 0.6) is 0 Å². The predicted molar refractivity (Wildman–Crippen MR) is 74.8 cm³/mol. The Bertz CT molecular complexity index is 727. The van der Waals surface area contributed by atoms with Crippen LogP contribution < -0.4 is 5.73 Å². The highest BCUT2D eigenvalue weighted by molar-refractivity contribution is 5.84. The number of hydrogen-bond acceptors (Lipinski definition) is 4. The van der Waals surface area contributed by atoms with Crippen molar-refractivity contribution in [3.63, 3.8) is 0 Å². The van der Waals surface area contributed by atoms with Crippen molar-refractivity contribution in [3.8, 4) is 6.07 Å². The topological polar surface area (TPSA) is 87.9 Å². The minimum atomic E-state index is 0.108. The lowest BCUT2D eigenvalue weighted by Gasteiger charge is -2.31. The molecule has 6 nitrogen and oxygen atoms in total. The van der Waals surface area contributed by atoms with Gasteiger partial charge in [-0.05, 0) is 18.6 Å². The summed E-state index contributed by atoms with van der Waals surface area (Å²) in [7, 11) is 1.80. The molecule has 1 atom stereocenters. The number of hydrogen-bond donors (Lipinski definition) is 1. The number of benzene rings is 1. The Morgan fingerprint density at radius 1 is 1.50 bits per heavy atom. The molecule has 1 amide bonds. The summed E-state index contributed by atoms with van der Waals surface area (Å²) in [5, 5.41) is 9.13. The first-order valence-electron chi connectivity index (χ1n) is 6.52. The number of fused-ring (bicyclic) bond motifs is 1. The number of anilines is 1. The normalized spacial score (nSPS) is 19.3. The number of para-hydroxylation sites is 1. The number of carbonyl (C=O) groups is 1. The quantitative estimate of drug-likeness (QED) is 0.844. The third-order valence-electron chi connectivity index (χ3n) is 3.83. The molecule has 3 rings (SSSR count). The number of likely N-dealkylation sites (tertiary alicyclic amines) is 1. The number of amides is 1. The van der Waals surface area contributed by atoms with Crippen molar-refractivity contribution >= 4 is 22.9 Å². The Labute approximate surface area is 116 Å². The summed E-state index contributed by atoms with van der Waals surface area (Å²) in [6.07, 6.45) is 1.26. The molecule has 0 saturated carbocycles. The molecule has 6 heteroatoms. The van der Waals surface area contributed by atoms with Gasteiger partial charge in [-0.25, -0.2) is 4.98 Å². The summed E-state index contributed by atoms with van der Waals surface area (Å²) in [4.78, 5) is 17.6. The van der Waals surface area contributed by atoms with Gasteiger partial charge in [0.25, 0.3) is 0 Å². The molecule has 1 aliphatic heterocycles. The minimum absolute atomic E-state index is 0.108. The van der Waals surface area contributed by atoms with Crippen LogP contribution in [0.15, 0.2) is 18.2 Å². The molecule has 1 aromatic heterocycles. The fourth-order valence-corrected chi connectivity index (χ4v) is 2.81. The molecular formula is C14H15N5O. The summed E-state index contributed by atoms with van der Waals surface area (Å²) in [6.45, 7) is 0.616. The van der Waals surface area contributed by atoms with Gasteiger partial charge in [0, 0.05) is 20.0 Å². The zero-order valence-corrected chi connectivity index (χ0v) is 11.2. The third-order valence-corrected chi connectivity index (χ3v) is 3.83. The molecule has 2 heterocycles.